The van der Waals surface area contributed by atoms with Crippen molar-refractivity contribution < 1.29 is 9.26 Å². The molecule has 0 aliphatic carbocycles. The lowest BCUT2D eigenvalue weighted by Gasteiger charge is -2.04. The van der Waals surface area contributed by atoms with E-state index >= 15 is 0 Å². The van der Waals surface area contributed by atoms with Crippen LogP contribution in [0.3, 0.4) is 0 Å². The van der Waals surface area contributed by atoms with Gasteiger partial charge in [0, 0.05) is 23.9 Å². The van der Waals surface area contributed by atoms with Crippen molar-refractivity contribution in [1.29, 1.82) is 0 Å². The highest BCUT2D eigenvalue weighted by Crippen LogP contribution is 2.29. The summed E-state index contributed by atoms with van der Waals surface area (Å²) in [7, 11) is 3.55. The maximum Gasteiger partial charge on any atom is 0.268 e. The van der Waals surface area contributed by atoms with Gasteiger partial charge in [-0.1, -0.05) is 5.16 Å². The zero-order valence-electron chi connectivity index (χ0n) is 10.5. The molecule has 2 aromatic rings. The molecule has 2 aromatic heterocycles. The maximum absolute atomic E-state index is 5.22. The highest BCUT2D eigenvalue weighted by atomic mass is 35.5. The molecule has 2 heterocycles. The van der Waals surface area contributed by atoms with Gasteiger partial charge in [-0.25, -0.2) is 0 Å². The Kier molecular flexibility index (Phi) is 5.58. The lowest BCUT2D eigenvalue weighted by molar-refractivity contribution is 0.413. The standard InChI is InChI=1S/C11H15N3O2S.ClH/c1-7(12-2)4-10-13-11(16-14-10)9-5-8(15-3)6-17-9;/h5-7,12H,4H2,1-3H3;1H. The second kappa shape index (κ2) is 6.72. The van der Waals surface area contributed by atoms with Gasteiger partial charge in [-0.15, -0.1) is 23.7 Å². The summed E-state index contributed by atoms with van der Waals surface area (Å²) >= 11 is 1.53. The van der Waals surface area contributed by atoms with E-state index in [4.69, 9.17) is 9.26 Å². The number of halogens is 1. The van der Waals surface area contributed by atoms with Crippen molar-refractivity contribution in [2.24, 2.45) is 0 Å². The molecule has 1 unspecified atom stereocenters. The number of likely N-dealkylation sites (N-methyl/N-ethyl adjacent to an activating group) is 1. The summed E-state index contributed by atoms with van der Waals surface area (Å²) in [6, 6.07) is 2.22. The van der Waals surface area contributed by atoms with Crippen molar-refractivity contribution in [3.05, 3.63) is 17.3 Å². The Bertz CT molecular complexity index is 486. The Hall–Kier alpha value is -1.11. The van der Waals surface area contributed by atoms with Crippen molar-refractivity contribution in [2.45, 2.75) is 19.4 Å². The van der Waals surface area contributed by atoms with E-state index < -0.39 is 0 Å². The van der Waals surface area contributed by atoms with Gasteiger partial charge in [0.2, 0.25) is 0 Å². The van der Waals surface area contributed by atoms with E-state index in [1.807, 2.05) is 18.5 Å². The Morgan fingerprint density at radius 3 is 2.94 bits per heavy atom. The molecule has 1 atom stereocenters. The smallest absolute Gasteiger partial charge is 0.268 e. The summed E-state index contributed by atoms with van der Waals surface area (Å²) < 4.78 is 10.3. The number of hydrogen-bond acceptors (Lipinski definition) is 6. The summed E-state index contributed by atoms with van der Waals surface area (Å²) in [6.07, 6.45) is 0.752. The van der Waals surface area contributed by atoms with Gasteiger partial charge in [0.25, 0.3) is 5.89 Å². The quantitative estimate of drug-likeness (QED) is 0.916. The zero-order chi connectivity index (χ0) is 12.3. The van der Waals surface area contributed by atoms with Crippen LogP contribution in [0.1, 0.15) is 12.7 Å². The van der Waals surface area contributed by atoms with Crippen molar-refractivity contribution in [1.82, 2.24) is 15.5 Å². The molecule has 0 fully saturated rings. The van der Waals surface area contributed by atoms with E-state index in [9.17, 15) is 0 Å². The molecule has 0 spiro atoms. The van der Waals surface area contributed by atoms with Gasteiger partial charge in [-0.2, -0.15) is 4.98 Å². The molecule has 0 bridgehead atoms. The molecule has 0 saturated carbocycles. The Labute approximate surface area is 116 Å². The summed E-state index contributed by atoms with van der Waals surface area (Å²) in [4.78, 5) is 5.28. The van der Waals surface area contributed by atoms with Crippen LogP contribution in [-0.2, 0) is 6.42 Å². The van der Waals surface area contributed by atoms with Gasteiger partial charge in [0.15, 0.2) is 5.82 Å². The number of methoxy groups -OCH3 is 1. The molecule has 1 N–H and O–H groups in total. The molecule has 18 heavy (non-hydrogen) atoms. The average Bonchev–Trinajstić information content (AvgIpc) is 2.96. The molecular weight excluding hydrogens is 274 g/mol. The molecule has 2 rings (SSSR count). The molecular formula is C11H16ClN3O2S. The number of nitrogens with zero attached hydrogens (tertiary/aromatic N) is 2. The van der Waals surface area contributed by atoms with E-state index in [0.717, 1.165) is 17.0 Å². The van der Waals surface area contributed by atoms with Crippen LogP contribution < -0.4 is 10.1 Å². The summed E-state index contributed by atoms with van der Waals surface area (Å²) in [6.45, 7) is 2.07. The largest absolute Gasteiger partial charge is 0.496 e. The van der Waals surface area contributed by atoms with E-state index in [1.54, 1.807) is 7.11 Å². The summed E-state index contributed by atoms with van der Waals surface area (Å²) in [5, 5.41) is 9.00. The van der Waals surface area contributed by atoms with Crippen LogP contribution in [0, 0.1) is 0 Å². The van der Waals surface area contributed by atoms with Crippen molar-refractivity contribution in [2.75, 3.05) is 14.2 Å². The van der Waals surface area contributed by atoms with Crippen LogP contribution in [0.4, 0.5) is 0 Å². The Morgan fingerprint density at radius 1 is 1.56 bits per heavy atom. The van der Waals surface area contributed by atoms with Gasteiger partial charge in [0.1, 0.15) is 5.75 Å². The number of rotatable bonds is 5. The highest BCUT2D eigenvalue weighted by molar-refractivity contribution is 7.13. The Balaban J connectivity index is 0.00000162. The third-order valence-electron chi connectivity index (χ3n) is 2.47. The van der Waals surface area contributed by atoms with Crippen LogP contribution >= 0.6 is 23.7 Å². The summed E-state index contributed by atoms with van der Waals surface area (Å²) in [5.74, 6) is 2.08. The molecule has 5 nitrogen and oxygen atoms in total. The lowest BCUT2D eigenvalue weighted by atomic mass is 10.2. The number of nitrogens with one attached hydrogen (secondary N) is 1. The maximum atomic E-state index is 5.22. The first-order chi connectivity index (χ1) is 8.22. The minimum atomic E-state index is 0. The SMILES string of the molecule is CNC(C)Cc1noc(-c2cc(OC)cs2)n1.Cl. The fraction of sp³-hybridized carbons (Fsp3) is 0.455. The van der Waals surface area contributed by atoms with Gasteiger partial charge in [0.05, 0.1) is 12.0 Å². The van der Waals surface area contributed by atoms with Crippen LogP contribution in [0.15, 0.2) is 16.0 Å². The topological polar surface area (TPSA) is 60.2 Å². The van der Waals surface area contributed by atoms with Crippen LogP contribution in [-0.4, -0.2) is 30.3 Å². The third kappa shape index (κ3) is 3.44. The predicted molar refractivity (Wildman–Crippen MR) is 73.6 cm³/mol. The molecule has 100 valence electrons. The summed E-state index contributed by atoms with van der Waals surface area (Å²) in [5.41, 5.74) is 0. The zero-order valence-corrected chi connectivity index (χ0v) is 12.1. The second-order valence-electron chi connectivity index (χ2n) is 3.76. The third-order valence-corrected chi connectivity index (χ3v) is 3.37. The first-order valence-electron chi connectivity index (χ1n) is 5.35. The van der Waals surface area contributed by atoms with Gasteiger partial charge in [-0.05, 0) is 14.0 Å². The molecule has 0 saturated heterocycles. The van der Waals surface area contributed by atoms with E-state index in [-0.39, 0.29) is 12.4 Å². The van der Waals surface area contributed by atoms with Crippen LogP contribution in [0.5, 0.6) is 5.75 Å². The Morgan fingerprint density at radius 2 is 2.33 bits per heavy atom. The minimum Gasteiger partial charge on any atom is -0.496 e. The van der Waals surface area contributed by atoms with Gasteiger partial charge < -0.3 is 14.6 Å². The van der Waals surface area contributed by atoms with Gasteiger partial charge in [-0.3, -0.25) is 0 Å². The fourth-order valence-corrected chi connectivity index (χ4v) is 2.13. The first kappa shape index (κ1) is 14.9. The highest BCUT2D eigenvalue weighted by Gasteiger charge is 2.13. The molecule has 0 aromatic carbocycles. The molecule has 0 aliphatic heterocycles. The van der Waals surface area contributed by atoms with Crippen LogP contribution in [0.2, 0.25) is 0 Å². The lowest BCUT2D eigenvalue weighted by Crippen LogP contribution is -2.24. The molecule has 0 aliphatic rings. The molecule has 0 amide bonds. The van der Waals surface area contributed by atoms with Crippen molar-refractivity contribution in [3.63, 3.8) is 0 Å². The minimum absolute atomic E-state index is 0. The average molecular weight is 290 g/mol. The number of thiophene rings is 1. The first-order valence-corrected chi connectivity index (χ1v) is 6.23. The molecule has 7 heteroatoms. The second-order valence-corrected chi connectivity index (χ2v) is 4.67. The predicted octanol–water partition coefficient (Wildman–Crippen LogP) is 2.38. The van der Waals surface area contributed by atoms with E-state index in [1.165, 1.54) is 11.3 Å². The van der Waals surface area contributed by atoms with E-state index in [2.05, 4.69) is 22.4 Å². The number of hydrogen-bond donors (Lipinski definition) is 1. The van der Waals surface area contributed by atoms with E-state index in [0.29, 0.717) is 17.8 Å². The number of ether oxygens (including phenoxy) is 1. The van der Waals surface area contributed by atoms with Crippen molar-refractivity contribution in [3.8, 4) is 16.5 Å². The normalized spacial score (nSPS) is 11.9. The number of aromatic nitrogens is 2. The monoisotopic (exact) mass is 289 g/mol. The fourth-order valence-electron chi connectivity index (χ4n) is 1.35. The van der Waals surface area contributed by atoms with Gasteiger partial charge >= 0.3 is 0 Å². The molecule has 0 radical (unpaired) electrons. The van der Waals surface area contributed by atoms with Crippen molar-refractivity contribution >= 4 is 23.7 Å². The van der Waals surface area contributed by atoms with Crippen LogP contribution in [0.25, 0.3) is 10.8 Å².